The standard InChI is InChI=1S/C16H16ClFN2O2/c17-15-4-2-1-3-12(15)11-20-16(21)19-9-10-22-14-7-5-13(18)6-8-14/h1-8H,9-11H2,(H2,19,20,21). The van der Waals surface area contributed by atoms with Gasteiger partial charge in [-0.2, -0.15) is 0 Å². The molecule has 116 valence electrons. The highest BCUT2D eigenvalue weighted by molar-refractivity contribution is 6.31. The van der Waals surface area contributed by atoms with Crippen molar-refractivity contribution < 1.29 is 13.9 Å². The van der Waals surface area contributed by atoms with Gasteiger partial charge in [-0.25, -0.2) is 9.18 Å². The van der Waals surface area contributed by atoms with Gasteiger partial charge in [-0.15, -0.1) is 0 Å². The first-order valence-corrected chi connectivity index (χ1v) is 7.16. The summed E-state index contributed by atoms with van der Waals surface area (Å²) in [4.78, 5) is 11.6. The van der Waals surface area contributed by atoms with Gasteiger partial charge in [0.05, 0.1) is 6.54 Å². The van der Waals surface area contributed by atoms with Crippen LogP contribution in [0.15, 0.2) is 48.5 Å². The third-order valence-corrected chi connectivity index (χ3v) is 3.24. The van der Waals surface area contributed by atoms with Crippen molar-refractivity contribution in [3.63, 3.8) is 0 Å². The number of halogens is 2. The van der Waals surface area contributed by atoms with Crippen LogP contribution in [0.25, 0.3) is 0 Å². The Hall–Kier alpha value is -2.27. The Morgan fingerprint density at radius 1 is 1.09 bits per heavy atom. The molecule has 0 spiro atoms. The Bertz CT molecular complexity index is 620. The second-order valence-corrected chi connectivity index (χ2v) is 4.91. The van der Waals surface area contributed by atoms with Gasteiger partial charge in [-0.05, 0) is 35.9 Å². The van der Waals surface area contributed by atoms with Gasteiger partial charge in [0.25, 0.3) is 0 Å². The molecular weight excluding hydrogens is 307 g/mol. The predicted octanol–water partition coefficient (Wildman–Crippen LogP) is 3.36. The summed E-state index contributed by atoms with van der Waals surface area (Å²) in [6.45, 7) is 0.987. The highest BCUT2D eigenvalue weighted by Gasteiger charge is 2.03. The molecule has 0 unspecified atom stereocenters. The summed E-state index contributed by atoms with van der Waals surface area (Å²) in [5.74, 6) is 0.240. The molecule has 6 heteroatoms. The third kappa shape index (κ3) is 5.26. The van der Waals surface area contributed by atoms with Crippen molar-refractivity contribution in [2.45, 2.75) is 6.54 Å². The zero-order valence-electron chi connectivity index (χ0n) is 11.8. The highest BCUT2D eigenvalue weighted by Crippen LogP contribution is 2.14. The zero-order valence-corrected chi connectivity index (χ0v) is 12.6. The molecule has 2 rings (SSSR count). The van der Waals surface area contributed by atoms with E-state index in [0.717, 1.165) is 5.56 Å². The van der Waals surface area contributed by atoms with Gasteiger partial charge in [-0.3, -0.25) is 0 Å². The van der Waals surface area contributed by atoms with Gasteiger partial charge in [-0.1, -0.05) is 29.8 Å². The number of ether oxygens (including phenoxy) is 1. The van der Waals surface area contributed by atoms with Crippen LogP contribution >= 0.6 is 11.6 Å². The van der Waals surface area contributed by atoms with E-state index in [1.54, 1.807) is 6.07 Å². The molecule has 2 N–H and O–H groups in total. The number of hydrogen-bond donors (Lipinski definition) is 2. The van der Waals surface area contributed by atoms with E-state index in [4.69, 9.17) is 16.3 Å². The van der Waals surface area contributed by atoms with E-state index in [1.165, 1.54) is 24.3 Å². The normalized spacial score (nSPS) is 10.1. The van der Waals surface area contributed by atoms with Gasteiger partial charge in [0.1, 0.15) is 18.2 Å². The van der Waals surface area contributed by atoms with Crippen LogP contribution in [-0.4, -0.2) is 19.2 Å². The molecule has 2 aromatic carbocycles. The Kier molecular flexibility index (Phi) is 6.03. The van der Waals surface area contributed by atoms with Crippen LogP contribution in [0, 0.1) is 5.82 Å². The molecule has 0 saturated carbocycles. The molecule has 22 heavy (non-hydrogen) atoms. The first kappa shape index (κ1) is 16.1. The number of urea groups is 1. The molecule has 4 nitrogen and oxygen atoms in total. The monoisotopic (exact) mass is 322 g/mol. The molecule has 0 heterocycles. The summed E-state index contributed by atoms with van der Waals surface area (Å²) in [5.41, 5.74) is 0.849. The van der Waals surface area contributed by atoms with Crippen molar-refractivity contribution in [1.29, 1.82) is 0 Å². The molecule has 0 aliphatic heterocycles. The molecule has 0 radical (unpaired) electrons. The van der Waals surface area contributed by atoms with E-state index in [-0.39, 0.29) is 11.8 Å². The zero-order chi connectivity index (χ0) is 15.8. The van der Waals surface area contributed by atoms with Crippen molar-refractivity contribution >= 4 is 17.6 Å². The van der Waals surface area contributed by atoms with Crippen LogP contribution in [-0.2, 0) is 6.54 Å². The van der Waals surface area contributed by atoms with E-state index in [1.807, 2.05) is 18.2 Å². The summed E-state index contributed by atoms with van der Waals surface area (Å²) in [5, 5.41) is 5.98. The molecule has 0 aliphatic rings. The Balaban J connectivity index is 1.64. The Morgan fingerprint density at radius 2 is 1.82 bits per heavy atom. The lowest BCUT2D eigenvalue weighted by molar-refractivity contribution is 0.236. The lowest BCUT2D eigenvalue weighted by Crippen LogP contribution is -2.37. The average molecular weight is 323 g/mol. The fraction of sp³-hybridized carbons (Fsp3) is 0.188. The maximum Gasteiger partial charge on any atom is 0.315 e. The SMILES string of the molecule is O=C(NCCOc1ccc(F)cc1)NCc1ccccc1Cl. The Labute approximate surface area is 133 Å². The fourth-order valence-electron chi connectivity index (χ4n) is 1.74. The fourth-order valence-corrected chi connectivity index (χ4v) is 1.95. The van der Waals surface area contributed by atoms with Crippen LogP contribution in [0.1, 0.15) is 5.56 Å². The molecule has 0 atom stereocenters. The molecule has 2 amide bonds. The summed E-state index contributed by atoms with van der Waals surface area (Å²) < 4.78 is 18.1. The number of nitrogens with one attached hydrogen (secondary N) is 2. The number of amides is 2. The van der Waals surface area contributed by atoms with Gasteiger partial charge < -0.3 is 15.4 Å². The van der Waals surface area contributed by atoms with Crippen molar-refractivity contribution in [3.05, 3.63) is 64.9 Å². The maximum absolute atomic E-state index is 12.7. The smallest absolute Gasteiger partial charge is 0.315 e. The van der Waals surface area contributed by atoms with Gasteiger partial charge in [0, 0.05) is 11.6 Å². The second kappa shape index (κ2) is 8.24. The molecule has 0 aliphatic carbocycles. The number of carbonyl (C=O) groups excluding carboxylic acids is 1. The Morgan fingerprint density at radius 3 is 2.55 bits per heavy atom. The summed E-state index contributed by atoms with van der Waals surface area (Å²) in [6.07, 6.45) is 0. The summed E-state index contributed by atoms with van der Waals surface area (Å²) in [7, 11) is 0. The average Bonchev–Trinajstić information content (AvgIpc) is 2.52. The predicted molar refractivity (Wildman–Crippen MR) is 83.6 cm³/mol. The largest absolute Gasteiger partial charge is 0.492 e. The molecule has 0 fully saturated rings. The number of rotatable bonds is 6. The minimum atomic E-state index is -0.315. The van der Waals surface area contributed by atoms with Crippen LogP contribution in [0.5, 0.6) is 5.75 Å². The quantitative estimate of drug-likeness (QED) is 0.801. The van der Waals surface area contributed by atoms with Crippen LogP contribution in [0.2, 0.25) is 5.02 Å². The lowest BCUT2D eigenvalue weighted by Gasteiger charge is -2.09. The number of hydrogen-bond acceptors (Lipinski definition) is 2. The van der Waals surface area contributed by atoms with Crippen molar-refractivity contribution in [1.82, 2.24) is 10.6 Å². The van der Waals surface area contributed by atoms with E-state index in [9.17, 15) is 9.18 Å². The topological polar surface area (TPSA) is 50.4 Å². The van der Waals surface area contributed by atoms with Crippen molar-refractivity contribution in [2.24, 2.45) is 0 Å². The summed E-state index contributed by atoms with van der Waals surface area (Å²) in [6, 6.07) is 12.7. The van der Waals surface area contributed by atoms with Crippen molar-refractivity contribution in [2.75, 3.05) is 13.2 Å². The maximum atomic E-state index is 12.7. The second-order valence-electron chi connectivity index (χ2n) is 4.50. The molecule has 0 bridgehead atoms. The molecule has 0 saturated heterocycles. The van der Waals surface area contributed by atoms with Crippen LogP contribution in [0.4, 0.5) is 9.18 Å². The van der Waals surface area contributed by atoms with E-state index < -0.39 is 0 Å². The number of carbonyl (C=O) groups is 1. The van der Waals surface area contributed by atoms with Gasteiger partial charge in [0.15, 0.2) is 0 Å². The van der Waals surface area contributed by atoms with Crippen LogP contribution < -0.4 is 15.4 Å². The van der Waals surface area contributed by atoms with Gasteiger partial charge in [0.2, 0.25) is 0 Å². The van der Waals surface area contributed by atoms with E-state index >= 15 is 0 Å². The minimum Gasteiger partial charge on any atom is -0.492 e. The summed E-state index contributed by atoms with van der Waals surface area (Å²) >= 11 is 6.00. The van der Waals surface area contributed by atoms with Crippen LogP contribution in [0.3, 0.4) is 0 Å². The van der Waals surface area contributed by atoms with Crippen molar-refractivity contribution in [3.8, 4) is 5.75 Å². The van der Waals surface area contributed by atoms with Gasteiger partial charge >= 0.3 is 6.03 Å². The molecule has 2 aromatic rings. The minimum absolute atomic E-state index is 0.297. The number of benzene rings is 2. The lowest BCUT2D eigenvalue weighted by atomic mass is 10.2. The first-order chi connectivity index (χ1) is 10.6. The van der Waals surface area contributed by atoms with E-state index in [2.05, 4.69) is 10.6 Å². The first-order valence-electron chi connectivity index (χ1n) is 6.78. The van der Waals surface area contributed by atoms with E-state index in [0.29, 0.717) is 30.5 Å². The molecular formula is C16H16ClFN2O2. The highest BCUT2D eigenvalue weighted by atomic mass is 35.5. The molecule has 0 aromatic heterocycles. The third-order valence-electron chi connectivity index (χ3n) is 2.87.